The fourth-order valence-electron chi connectivity index (χ4n) is 3.89. The maximum absolute atomic E-state index is 12.8. The highest BCUT2D eigenvalue weighted by molar-refractivity contribution is 7.80. The van der Waals surface area contributed by atoms with E-state index in [1.54, 1.807) is 48.5 Å². The molecule has 190 valence electrons. The van der Waals surface area contributed by atoms with Gasteiger partial charge in [-0.1, -0.05) is 53.0 Å². The second kappa shape index (κ2) is 12.4. The van der Waals surface area contributed by atoms with Gasteiger partial charge < -0.3 is 15.1 Å². The molecule has 1 aliphatic rings. The van der Waals surface area contributed by atoms with Crippen molar-refractivity contribution in [2.24, 2.45) is 0 Å². The third kappa shape index (κ3) is 7.23. The van der Waals surface area contributed by atoms with E-state index in [1.807, 2.05) is 29.2 Å². The van der Waals surface area contributed by atoms with Crippen LogP contribution in [0.25, 0.3) is 6.08 Å². The maximum Gasteiger partial charge on any atom is 0.253 e. The molecule has 0 aliphatic carbocycles. The summed E-state index contributed by atoms with van der Waals surface area (Å²) in [4.78, 5) is 29.2. The highest BCUT2D eigenvalue weighted by atomic mass is 35.5. The molecule has 10 heteroatoms. The molecule has 1 aliphatic heterocycles. The molecular weight excluding hydrogens is 551 g/mol. The summed E-state index contributed by atoms with van der Waals surface area (Å²) < 4.78 is 0. The van der Waals surface area contributed by atoms with Crippen LogP contribution in [0.15, 0.2) is 72.8 Å². The van der Waals surface area contributed by atoms with Gasteiger partial charge in [-0.05, 0) is 72.4 Å². The Labute approximate surface area is 235 Å². The van der Waals surface area contributed by atoms with E-state index >= 15 is 0 Å². The lowest BCUT2D eigenvalue weighted by atomic mass is 10.1. The molecule has 2 N–H and O–H groups in total. The molecule has 0 spiro atoms. The summed E-state index contributed by atoms with van der Waals surface area (Å²) in [6.07, 6.45) is 2.95. The average molecular weight is 574 g/mol. The molecule has 3 aromatic rings. The van der Waals surface area contributed by atoms with E-state index < -0.39 is 5.91 Å². The number of carbonyl (C=O) groups excluding carboxylic acids is 2. The van der Waals surface area contributed by atoms with Gasteiger partial charge >= 0.3 is 0 Å². The zero-order valence-corrected chi connectivity index (χ0v) is 22.7. The number of thiocarbonyl (C=S) groups is 1. The number of carbonyl (C=O) groups is 2. The molecule has 0 bridgehead atoms. The topological polar surface area (TPSA) is 64.7 Å². The first-order valence-corrected chi connectivity index (χ1v) is 13.0. The fraction of sp³-hybridized carbons (Fsp3) is 0.148. The van der Waals surface area contributed by atoms with Crippen molar-refractivity contribution in [2.75, 3.05) is 36.4 Å². The van der Waals surface area contributed by atoms with Crippen molar-refractivity contribution in [2.45, 2.75) is 0 Å². The maximum atomic E-state index is 12.8. The third-order valence-corrected chi connectivity index (χ3v) is 6.78. The second-order valence-corrected chi connectivity index (χ2v) is 9.93. The summed E-state index contributed by atoms with van der Waals surface area (Å²) in [7, 11) is 0. The first kappa shape index (κ1) is 26.9. The lowest BCUT2D eigenvalue weighted by molar-refractivity contribution is -0.115. The van der Waals surface area contributed by atoms with E-state index in [-0.39, 0.29) is 11.0 Å². The molecule has 0 aromatic heterocycles. The highest BCUT2D eigenvalue weighted by Gasteiger charge is 2.23. The van der Waals surface area contributed by atoms with Crippen LogP contribution in [-0.2, 0) is 4.79 Å². The van der Waals surface area contributed by atoms with Gasteiger partial charge in [-0.3, -0.25) is 14.9 Å². The van der Waals surface area contributed by atoms with E-state index in [0.29, 0.717) is 52.4 Å². The number of amides is 2. The Morgan fingerprint density at radius 3 is 2.24 bits per heavy atom. The van der Waals surface area contributed by atoms with Crippen LogP contribution in [0.1, 0.15) is 15.9 Å². The Kier molecular flexibility index (Phi) is 9.05. The first-order valence-electron chi connectivity index (χ1n) is 11.4. The molecule has 0 unspecified atom stereocenters. The minimum absolute atomic E-state index is 0.0143. The quantitative estimate of drug-likeness (QED) is 0.284. The van der Waals surface area contributed by atoms with Crippen LogP contribution >= 0.6 is 47.0 Å². The standard InChI is InChI=1S/C27H23Cl3N4O2S/c28-20-9-6-19(7-10-20)26(36)34-15-13-33(14-16-34)24-4-2-1-3-23(24)31-27(37)32-25(35)12-8-18-5-11-21(29)17-22(18)30/h1-12,17H,13-16H2,(H2,31,32,35,37)/b12-8+. The summed E-state index contributed by atoms with van der Waals surface area (Å²) >= 11 is 23.4. The number of nitrogens with zero attached hydrogens (tertiary/aromatic N) is 2. The molecule has 0 saturated carbocycles. The number of piperazine rings is 1. The minimum atomic E-state index is -0.393. The van der Waals surface area contributed by atoms with Crippen molar-refractivity contribution in [1.29, 1.82) is 0 Å². The monoisotopic (exact) mass is 572 g/mol. The molecule has 37 heavy (non-hydrogen) atoms. The molecule has 2 amide bonds. The molecule has 1 fully saturated rings. The molecule has 1 heterocycles. The minimum Gasteiger partial charge on any atom is -0.366 e. The summed E-state index contributed by atoms with van der Waals surface area (Å²) in [6.45, 7) is 2.47. The van der Waals surface area contributed by atoms with Crippen molar-refractivity contribution < 1.29 is 9.59 Å². The van der Waals surface area contributed by atoms with Crippen LogP contribution in [0.5, 0.6) is 0 Å². The number of rotatable bonds is 5. The van der Waals surface area contributed by atoms with Gasteiger partial charge in [0.25, 0.3) is 5.91 Å². The van der Waals surface area contributed by atoms with Gasteiger partial charge in [-0.25, -0.2) is 0 Å². The van der Waals surface area contributed by atoms with Crippen LogP contribution in [-0.4, -0.2) is 48.0 Å². The van der Waals surface area contributed by atoms with Gasteiger partial charge in [0.1, 0.15) is 0 Å². The van der Waals surface area contributed by atoms with Gasteiger partial charge in [0, 0.05) is 52.9 Å². The summed E-state index contributed by atoms with van der Waals surface area (Å²) in [5.74, 6) is -0.408. The van der Waals surface area contributed by atoms with Gasteiger partial charge in [0.2, 0.25) is 5.91 Å². The second-order valence-electron chi connectivity index (χ2n) is 8.25. The van der Waals surface area contributed by atoms with Gasteiger partial charge in [0.15, 0.2) is 5.11 Å². The summed E-state index contributed by atoms with van der Waals surface area (Å²) in [5, 5.41) is 7.49. The molecule has 3 aromatic carbocycles. The molecule has 0 radical (unpaired) electrons. The molecule has 1 saturated heterocycles. The van der Waals surface area contributed by atoms with Crippen LogP contribution < -0.4 is 15.5 Å². The van der Waals surface area contributed by atoms with Crippen molar-refractivity contribution in [3.05, 3.63) is 99.0 Å². The predicted octanol–water partition coefficient (Wildman–Crippen LogP) is 6.14. The number of hydrogen-bond acceptors (Lipinski definition) is 4. The Balaban J connectivity index is 1.34. The normalized spacial score (nSPS) is 13.5. The number of anilines is 2. The number of hydrogen-bond donors (Lipinski definition) is 2. The van der Waals surface area contributed by atoms with Gasteiger partial charge in [-0.2, -0.15) is 0 Å². The molecular formula is C27H23Cl3N4O2S. The Morgan fingerprint density at radius 2 is 1.54 bits per heavy atom. The number of nitrogens with one attached hydrogen (secondary N) is 2. The first-order chi connectivity index (χ1) is 17.8. The molecule has 0 atom stereocenters. The highest BCUT2D eigenvalue weighted by Crippen LogP contribution is 2.27. The number of halogens is 3. The van der Waals surface area contributed by atoms with E-state index in [4.69, 9.17) is 47.0 Å². The van der Waals surface area contributed by atoms with Crippen molar-refractivity contribution >= 4 is 81.4 Å². The van der Waals surface area contributed by atoms with E-state index in [2.05, 4.69) is 15.5 Å². The molecule has 6 nitrogen and oxygen atoms in total. The van der Waals surface area contributed by atoms with Crippen LogP contribution in [0, 0.1) is 0 Å². The number of benzene rings is 3. The van der Waals surface area contributed by atoms with Crippen LogP contribution in [0.2, 0.25) is 15.1 Å². The zero-order valence-electron chi connectivity index (χ0n) is 19.6. The Morgan fingerprint density at radius 1 is 0.865 bits per heavy atom. The molecule has 4 rings (SSSR count). The van der Waals surface area contributed by atoms with Crippen molar-refractivity contribution in [1.82, 2.24) is 10.2 Å². The van der Waals surface area contributed by atoms with Crippen LogP contribution in [0.4, 0.5) is 11.4 Å². The SMILES string of the molecule is O=C(/C=C/c1ccc(Cl)cc1Cl)NC(=S)Nc1ccccc1N1CCN(C(=O)c2ccc(Cl)cc2)CC1. The Bertz CT molecular complexity index is 1340. The summed E-state index contributed by atoms with van der Waals surface area (Å²) in [6, 6.07) is 19.6. The van der Waals surface area contributed by atoms with Gasteiger partial charge in [-0.15, -0.1) is 0 Å². The lowest BCUT2D eigenvalue weighted by Crippen LogP contribution is -2.49. The van der Waals surface area contributed by atoms with E-state index in [1.165, 1.54) is 6.08 Å². The summed E-state index contributed by atoms with van der Waals surface area (Å²) in [5.41, 5.74) is 2.98. The fourth-order valence-corrected chi connectivity index (χ4v) is 4.70. The van der Waals surface area contributed by atoms with Crippen molar-refractivity contribution in [3.63, 3.8) is 0 Å². The average Bonchev–Trinajstić information content (AvgIpc) is 2.88. The van der Waals surface area contributed by atoms with Crippen molar-refractivity contribution in [3.8, 4) is 0 Å². The third-order valence-electron chi connectivity index (χ3n) is 5.76. The largest absolute Gasteiger partial charge is 0.366 e. The van der Waals surface area contributed by atoms with Gasteiger partial charge in [0.05, 0.1) is 11.4 Å². The lowest BCUT2D eigenvalue weighted by Gasteiger charge is -2.37. The Hall–Kier alpha value is -3.10. The van der Waals surface area contributed by atoms with E-state index in [9.17, 15) is 9.59 Å². The van der Waals surface area contributed by atoms with Crippen LogP contribution in [0.3, 0.4) is 0 Å². The van der Waals surface area contributed by atoms with E-state index in [0.717, 1.165) is 11.4 Å². The predicted molar refractivity (Wildman–Crippen MR) is 156 cm³/mol. The zero-order chi connectivity index (χ0) is 26.4. The smallest absolute Gasteiger partial charge is 0.253 e. The number of para-hydroxylation sites is 2.